The molecule has 0 bridgehead atoms. The topological polar surface area (TPSA) is 87.0 Å². The second-order valence-electron chi connectivity index (χ2n) is 7.52. The Hall–Kier alpha value is -1.67. The molecule has 0 amide bonds. The number of anilines is 1. The fraction of sp³-hybridized carbons (Fsp3) is 0.600. The van der Waals surface area contributed by atoms with E-state index in [1.165, 1.54) is 10.4 Å². The van der Waals surface area contributed by atoms with Crippen molar-refractivity contribution in [1.29, 1.82) is 0 Å². The molecule has 0 unspecified atom stereocenters. The third kappa shape index (κ3) is 5.32. The van der Waals surface area contributed by atoms with E-state index < -0.39 is 14.9 Å². The molecule has 0 aromatic heterocycles. The molecular weight excluding hydrogens is 472 g/mol. The van der Waals surface area contributed by atoms with E-state index in [2.05, 4.69) is 26.8 Å². The first-order valence-electron chi connectivity index (χ1n) is 9.93. The molecule has 1 heterocycles. The molecule has 0 N–H and O–H groups in total. The summed E-state index contributed by atoms with van der Waals surface area (Å²) in [5, 5.41) is 12.1. The summed E-state index contributed by atoms with van der Waals surface area (Å²) in [6, 6.07) is 2.75. The van der Waals surface area contributed by atoms with Crippen LogP contribution in [0.4, 0.5) is 11.4 Å². The van der Waals surface area contributed by atoms with Gasteiger partial charge in [-0.05, 0) is 33.4 Å². The number of benzene rings is 1. The van der Waals surface area contributed by atoms with Gasteiger partial charge in [-0.2, -0.15) is 4.31 Å². The molecule has 0 radical (unpaired) electrons. The minimum absolute atomic E-state index is 0.0812. The number of rotatable bonds is 9. The highest BCUT2D eigenvalue weighted by Crippen LogP contribution is 2.36. The predicted octanol–water partition coefficient (Wildman–Crippen LogP) is 2.90. The average molecular weight is 501 g/mol. The molecular formula is C20H29BrN4O4S. The lowest BCUT2D eigenvalue weighted by molar-refractivity contribution is -0.385. The highest BCUT2D eigenvalue weighted by atomic mass is 79.9. The Balaban J connectivity index is 2.62. The normalized spacial score (nSPS) is 15.9. The molecule has 1 fully saturated rings. The van der Waals surface area contributed by atoms with Crippen LogP contribution in [0.25, 0.3) is 0 Å². The molecule has 1 aromatic carbocycles. The van der Waals surface area contributed by atoms with Gasteiger partial charge in [-0.3, -0.25) is 10.1 Å². The zero-order valence-corrected chi connectivity index (χ0v) is 20.1. The maximum Gasteiger partial charge on any atom is 0.272 e. The van der Waals surface area contributed by atoms with Gasteiger partial charge in [0.1, 0.15) is 4.90 Å². The first kappa shape index (κ1) is 24.6. The van der Waals surface area contributed by atoms with Crippen molar-refractivity contribution in [3.05, 3.63) is 27.8 Å². The molecule has 0 spiro atoms. The maximum atomic E-state index is 13.6. The van der Waals surface area contributed by atoms with Crippen molar-refractivity contribution in [2.45, 2.75) is 37.1 Å². The smallest absolute Gasteiger partial charge is 0.272 e. The van der Waals surface area contributed by atoms with Crippen LogP contribution in [0, 0.1) is 22.5 Å². The van der Waals surface area contributed by atoms with Gasteiger partial charge in [-0.1, -0.05) is 28.8 Å². The van der Waals surface area contributed by atoms with E-state index in [1.54, 1.807) is 0 Å². The Kier molecular flexibility index (Phi) is 8.67. The molecule has 8 nitrogen and oxygen atoms in total. The standard InChI is InChI=1S/C20H29BrN4O4S/c1-5-10-23(13-9-21)20-16(6-2)14-18(25(26)27)15-19(20)30(28,29)24-11-7-17(8-12-24)22(3)4/h2,14-15,17H,5,7-13H2,1,3-4H3. The zero-order chi connectivity index (χ0) is 22.5. The quantitative estimate of drug-likeness (QED) is 0.224. The minimum Gasteiger partial charge on any atom is -0.369 e. The van der Waals surface area contributed by atoms with E-state index in [1.807, 2.05) is 25.9 Å². The van der Waals surface area contributed by atoms with Crippen LogP contribution in [0.15, 0.2) is 17.0 Å². The lowest BCUT2D eigenvalue weighted by atomic mass is 10.1. The third-order valence-corrected chi connectivity index (χ3v) is 7.63. The minimum atomic E-state index is -3.95. The van der Waals surface area contributed by atoms with Crippen molar-refractivity contribution in [3.8, 4) is 12.3 Å². The highest BCUT2D eigenvalue weighted by molar-refractivity contribution is 9.09. The molecule has 1 aromatic rings. The van der Waals surface area contributed by atoms with Crippen molar-refractivity contribution in [3.63, 3.8) is 0 Å². The van der Waals surface area contributed by atoms with Gasteiger partial charge in [0, 0.05) is 49.7 Å². The van der Waals surface area contributed by atoms with Crippen LogP contribution < -0.4 is 4.90 Å². The summed E-state index contributed by atoms with van der Waals surface area (Å²) in [5.41, 5.74) is 0.281. The van der Waals surface area contributed by atoms with Gasteiger partial charge in [0.2, 0.25) is 10.0 Å². The number of non-ortho nitro benzene ring substituents is 1. The van der Waals surface area contributed by atoms with Gasteiger partial charge in [0.15, 0.2) is 0 Å². The number of hydrogen-bond donors (Lipinski definition) is 0. The summed E-state index contributed by atoms with van der Waals surface area (Å²) in [6.07, 6.45) is 7.86. The average Bonchev–Trinajstić information content (AvgIpc) is 2.72. The Labute approximate surface area is 187 Å². The Morgan fingerprint density at radius 3 is 2.40 bits per heavy atom. The number of nitro groups is 1. The van der Waals surface area contributed by atoms with Crippen molar-refractivity contribution >= 4 is 37.3 Å². The molecule has 0 saturated carbocycles. The second kappa shape index (κ2) is 10.6. The first-order valence-corrected chi connectivity index (χ1v) is 12.5. The van der Waals surface area contributed by atoms with Crippen LogP contribution >= 0.6 is 15.9 Å². The summed E-state index contributed by atoms with van der Waals surface area (Å²) in [5.74, 6) is 2.47. The van der Waals surface area contributed by atoms with E-state index >= 15 is 0 Å². The van der Waals surface area contributed by atoms with Crippen molar-refractivity contribution < 1.29 is 13.3 Å². The number of hydrogen-bond acceptors (Lipinski definition) is 6. The van der Waals surface area contributed by atoms with Gasteiger partial charge in [-0.15, -0.1) is 6.42 Å². The zero-order valence-electron chi connectivity index (χ0n) is 17.7. The number of nitrogens with zero attached hydrogens (tertiary/aromatic N) is 4. The monoisotopic (exact) mass is 500 g/mol. The molecule has 2 rings (SSSR count). The highest BCUT2D eigenvalue weighted by Gasteiger charge is 2.35. The van der Waals surface area contributed by atoms with Gasteiger partial charge in [0.05, 0.1) is 16.2 Å². The molecule has 10 heteroatoms. The number of terminal acetylenes is 1. The summed E-state index contributed by atoms with van der Waals surface area (Å²) < 4.78 is 28.7. The van der Waals surface area contributed by atoms with Gasteiger partial charge in [-0.25, -0.2) is 8.42 Å². The number of nitro benzene ring substituents is 1. The van der Waals surface area contributed by atoms with E-state index in [0.29, 0.717) is 56.1 Å². The van der Waals surface area contributed by atoms with Gasteiger partial charge < -0.3 is 9.80 Å². The summed E-state index contributed by atoms with van der Waals surface area (Å²) in [4.78, 5) is 14.8. The summed E-state index contributed by atoms with van der Waals surface area (Å²) in [7, 11) is 0.00923. The van der Waals surface area contributed by atoms with Gasteiger partial charge >= 0.3 is 0 Å². The number of piperidine rings is 1. The SMILES string of the molecule is C#Cc1cc([N+](=O)[O-])cc(S(=O)(=O)N2CCC(N(C)C)CC2)c1N(CCC)CCBr. The van der Waals surface area contributed by atoms with Gasteiger partial charge in [0.25, 0.3) is 5.69 Å². The van der Waals surface area contributed by atoms with E-state index in [-0.39, 0.29) is 16.1 Å². The van der Waals surface area contributed by atoms with Crippen LogP contribution in [0.3, 0.4) is 0 Å². The van der Waals surface area contributed by atoms with E-state index in [9.17, 15) is 18.5 Å². The fourth-order valence-corrected chi connectivity index (χ4v) is 5.93. The number of halogens is 1. The van der Waals surface area contributed by atoms with Crippen LogP contribution in [0.1, 0.15) is 31.7 Å². The second-order valence-corrected chi connectivity index (χ2v) is 10.2. The number of sulfonamides is 1. The van der Waals surface area contributed by atoms with E-state index in [4.69, 9.17) is 6.42 Å². The first-order chi connectivity index (χ1) is 14.2. The summed E-state index contributed by atoms with van der Waals surface area (Å²) in [6.45, 7) is 3.84. The van der Waals surface area contributed by atoms with Crippen molar-refractivity contribution in [1.82, 2.24) is 9.21 Å². The molecule has 0 aliphatic carbocycles. The Bertz CT molecular complexity index is 900. The van der Waals surface area contributed by atoms with Crippen LogP contribution in [0.5, 0.6) is 0 Å². The van der Waals surface area contributed by atoms with E-state index in [0.717, 1.165) is 12.5 Å². The molecule has 0 atom stereocenters. The fourth-order valence-electron chi connectivity index (χ4n) is 3.78. The lowest BCUT2D eigenvalue weighted by Gasteiger charge is -2.35. The molecule has 1 aliphatic heterocycles. The molecule has 30 heavy (non-hydrogen) atoms. The van der Waals surface area contributed by atoms with Crippen molar-refractivity contribution in [2.75, 3.05) is 50.5 Å². The van der Waals surface area contributed by atoms with Crippen molar-refractivity contribution in [2.24, 2.45) is 0 Å². The largest absolute Gasteiger partial charge is 0.369 e. The predicted molar refractivity (Wildman–Crippen MR) is 123 cm³/mol. The van der Waals surface area contributed by atoms with Crippen LogP contribution in [-0.4, -0.2) is 74.2 Å². The molecule has 1 aliphatic rings. The molecule has 1 saturated heterocycles. The van der Waals surface area contributed by atoms with Crippen LogP contribution in [-0.2, 0) is 10.0 Å². The van der Waals surface area contributed by atoms with Crippen LogP contribution in [0.2, 0.25) is 0 Å². The number of alkyl halides is 1. The maximum absolute atomic E-state index is 13.6. The summed E-state index contributed by atoms with van der Waals surface area (Å²) >= 11 is 3.41. The Morgan fingerprint density at radius 2 is 1.93 bits per heavy atom. The third-order valence-electron chi connectivity index (χ3n) is 5.36. The lowest BCUT2D eigenvalue weighted by Crippen LogP contribution is -2.44. The molecule has 166 valence electrons. The Morgan fingerprint density at radius 1 is 1.30 bits per heavy atom.